The van der Waals surface area contributed by atoms with E-state index in [1.54, 1.807) is 7.11 Å². The highest BCUT2D eigenvalue weighted by Gasteiger charge is 2.38. The number of rotatable bonds is 5. The standard InChI is InChI=1S/C17H28N2O/c1-13-10-19(11-14(13)2)17(3,12-18)9-15-7-5-6-8-16(15)20-4/h5-8,13-14H,9-12,18H2,1-4H3. The number of ether oxygens (including phenoxy) is 1. The lowest BCUT2D eigenvalue weighted by Crippen LogP contribution is -2.52. The predicted molar refractivity (Wildman–Crippen MR) is 84.1 cm³/mol. The van der Waals surface area contributed by atoms with Gasteiger partial charge in [0.25, 0.3) is 0 Å². The van der Waals surface area contributed by atoms with Gasteiger partial charge in [0.05, 0.1) is 7.11 Å². The second kappa shape index (κ2) is 6.15. The fourth-order valence-corrected chi connectivity index (χ4v) is 3.14. The van der Waals surface area contributed by atoms with Crippen molar-refractivity contribution in [2.45, 2.75) is 32.7 Å². The molecule has 2 rings (SSSR count). The second-order valence-corrected chi connectivity index (χ2v) is 6.55. The van der Waals surface area contributed by atoms with Gasteiger partial charge < -0.3 is 10.5 Å². The first-order valence-electron chi connectivity index (χ1n) is 7.57. The summed E-state index contributed by atoms with van der Waals surface area (Å²) in [5, 5.41) is 0. The zero-order chi connectivity index (χ0) is 14.8. The van der Waals surface area contributed by atoms with Crippen LogP contribution in [0.4, 0.5) is 0 Å². The van der Waals surface area contributed by atoms with Crippen LogP contribution in [0, 0.1) is 11.8 Å². The average Bonchev–Trinajstić information content (AvgIpc) is 2.80. The predicted octanol–water partition coefficient (Wildman–Crippen LogP) is 2.54. The highest BCUT2D eigenvalue weighted by atomic mass is 16.5. The Bertz CT molecular complexity index is 438. The summed E-state index contributed by atoms with van der Waals surface area (Å²) in [7, 11) is 1.73. The molecule has 2 N–H and O–H groups in total. The molecule has 3 atom stereocenters. The molecule has 1 saturated heterocycles. The van der Waals surface area contributed by atoms with E-state index in [4.69, 9.17) is 10.5 Å². The van der Waals surface area contributed by atoms with E-state index in [2.05, 4.69) is 37.8 Å². The van der Waals surface area contributed by atoms with Gasteiger partial charge in [-0.1, -0.05) is 32.0 Å². The Morgan fingerprint density at radius 3 is 2.40 bits per heavy atom. The highest BCUT2D eigenvalue weighted by Crippen LogP contribution is 2.32. The minimum absolute atomic E-state index is 0.00759. The van der Waals surface area contributed by atoms with Crippen LogP contribution in [-0.2, 0) is 6.42 Å². The van der Waals surface area contributed by atoms with Crippen molar-refractivity contribution >= 4 is 0 Å². The van der Waals surface area contributed by atoms with Gasteiger partial charge >= 0.3 is 0 Å². The fraction of sp³-hybridized carbons (Fsp3) is 0.647. The van der Waals surface area contributed by atoms with E-state index >= 15 is 0 Å². The summed E-state index contributed by atoms with van der Waals surface area (Å²) in [6.07, 6.45) is 0.937. The van der Waals surface area contributed by atoms with E-state index in [1.807, 2.05) is 12.1 Å². The number of likely N-dealkylation sites (tertiary alicyclic amines) is 1. The summed E-state index contributed by atoms with van der Waals surface area (Å²) in [6, 6.07) is 8.27. The van der Waals surface area contributed by atoms with Crippen LogP contribution in [-0.4, -0.2) is 37.2 Å². The van der Waals surface area contributed by atoms with Crippen LogP contribution in [0.3, 0.4) is 0 Å². The molecular weight excluding hydrogens is 248 g/mol. The van der Waals surface area contributed by atoms with Crippen LogP contribution < -0.4 is 10.5 Å². The van der Waals surface area contributed by atoms with E-state index in [9.17, 15) is 0 Å². The summed E-state index contributed by atoms with van der Waals surface area (Å²) >= 11 is 0. The molecule has 0 bridgehead atoms. The molecular formula is C17H28N2O. The molecule has 0 aliphatic carbocycles. The number of benzene rings is 1. The summed E-state index contributed by atoms with van der Waals surface area (Å²) in [6.45, 7) is 9.91. The molecule has 0 aromatic heterocycles. The number of methoxy groups -OCH3 is 1. The molecule has 3 unspecified atom stereocenters. The Morgan fingerprint density at radius 1 is 1.25 bits per heavy atom. The molecule has 1 aliphatic rings. The van der Waals surface area contributed by atoms with Crippen molar-refractivity contribution in [3.63, 3.8) is 0 Å². The molecule has 20 heavy (non-hydrogen) atoms. The zero-order valence-electron chi connectivity index (χ0n) is 13.2. The number of para-hydroxylation sites is 1. The van der Waals surface area contributed by atoms with Gasteiger partial charge in [0.1, 0.15) is 5.75 Å². The third-order valence-electron chi connectivity index (χ3n) is 4.96. The van der Waals surface area contributed by atoms with Gasteiger partial charge in [0.2, 0.25) is 0 Å². The van der Waals surface area contributed by atoms with Gasteiger partial charge in [0, 0.05) is 25.2 Å². The Morgan fingerprint density at radius 2 is 1.85 bits per heavy atom. The minimum atomic E-state index is 0.00759. The molecule has 1 aliphatic heterocycles. The van der Waals surface area contributed by atoms with E-state index in [0.717, 1.165) is 37.1 Å². The van der Waals surface area contributed by atoms with Gasteiger partial charge in [-0.25, -0.2) is 0 Å². The molecule has 1 aromatic carbocycles. The first kappa shape index (κ1) is 15.3. The van der Waals surface area contributed by atoms with Crippen LogP contribution in [0.25, 0.3) is 0 Å². The van der Waals surface area contributed by atoms with Crippen molar-refractivity contribution in [1.29, 1.82) is 0 Å². The molecule has 112 valence electrons. The maximum atomic E-state index is 6.13. The van der Waals surface area contributed by atoms with E-state index < -0.39 is 0 Å². The van der Waals surface area contributed by atoms with Crippen molar-refractivity contribution in [2.24, 2.45) is 17.6 Å². The van der Waals surface area contributed by atoms with Gasteiger partial charge in [0.15, 0.2) is 0 Å². The smallest absolute Gasteiger partial charge is 0.122 e. The third kappa shape index (κ3) is 2.99. The maximum absolute atomic E-state index is 6.13. The molecule has 0 amide bonds. The van der Waals surface area contributed by atoms with Crippen molar-refractivity contribution in [3.05, 3.63) is 29.8 Å². The quantitative estimate of drug-likeness (QED) is 0.898. The molecule has 1 aromatic rings. The molecule has 1 heterocycles. The molecule has 0 saturated carbocycles. The maximum Gasteiger partial charge on any atom is 0.122 e. The van der Waals surface area contributed by atoms with Gasteiger partial charge in [-0.15, -0.1) is 0 Å². The second-order valence-electron chi connectivity index (χ2n) is 6.55. The van der Waals surface area contributed by atoms with Crippen molar-refractivity contribution in [1.82, 2.24) is 4.90 Å². The molecule has 0 spiro atoms. The first-order chi connectivity index (χ1) is 9.50. The van der Waals surface area contributed by atoms with Gasteiger partial charge in [-0.3, -0.25) is 4.90 Å². The average molecular weight is 276 g/mol. The Labute approximate surface area is 123 Å². The van der Waals surface area contributed by atoms with Crippen molar-refractivity contribution < 1.29 is 4.74 Å². The lowest BCUT2D eigenvalue weighted by atomic mass is 9.90. The SMILES string of the molecule is COc1ccccc1CC(C)(CN)N1CC(C)C(C)C1. The number of nitrogens with zero attached hydrogens (tertiary/aromatic N) is 1. The van der Waals surface area contributed by atoms with Crippen molar-refractivity contribution in [2.75, 3.05) is 26.7 Å². The zero-order valence-corrected chi connectivity index (χ0v) is 13.2. The van der Waals surface area contributed by atoms with Crippen LogP contribution in [0.15, 0.2) is 24.3 Å². The molecule has 1 fully saturated rings. The normalized spacial score (nSPS) is 26.4. The number of hydrogen-bond acceptors (Lipinski definition) is 3. The highest BCUT2D eigenvalue weighted by molar-refractivity contribution is 5.34. The van der Waals surface area contributed by atoms with Crippen LogP contribution in [0.1, 0.15) is 26.3 Å². The van der Waals surface area contributed by atoms with E-state index in [-0.39, 0.29) is 5.54 Å². The first-order valence-corrected chi connectivity index (χ1v) is 7.57. The Balaban J connectivity index is 2.19. The van der Waals surface area contributed by atoms with Gasteiger partial charge in [-0.05, 0) is 36.8 Å². The van der Waals surface area contributed by atoms with E-state index in [0.29, 0.717) is 6.54 Å². The number of nitrogens with two attached hydrogens (primary N) is 1. The van der Waals surface area contributed by atoms with E-state index in [1.165, 1.54) is 5.56 Å². The minimum Gasteiger partial charge on any atom is -0.496 e. The summed E-state index contributed by atoms with van der Waals surface area (Å²) in [5.41, 5.74) is 7.39. The summed E-state index contributed by atoms with van der Waals surface area (Å²) in [5.74, 6) is 2.46. The number of hydrogen-bond donors (Lipinski definition) is 1. The fourth-order valence-electron chi connectivity index (χ4n) is 3.14. The Kier molecular flexibility index (Phi) is 4.71. The van der Waals surface area contributed by atoms with Crippen LogP contribution in [0.2, 0.25) is 0 Å². The monoisotopic (exact) mass is 276 g/mol. The topological polar surface area (TPSA) is 38.5 Å². The summed E-state index contributed by atoms with van der Waals surface area (Å²) < 4.78 is 5.48. The lowest BCUT2D eigenvalue weighted by molar-refractivity contribution is 0.134. The largest absolute Gasteiger partial charge is 0.496 e. The molecule has 3 heteroatoms. The van der Waals surface area contributed by atoms with Gasteiger partial charge in [-0.2, -0.15) is 0 Å². The summed E-state index contributed by atoms with van der Waals surface area (Å²) in [4.78, 5) is 2.56. The molecule has 0 radical (unpaired) electrons. The van der Waals surface area contributed by atoms with Crippen molar-refractivity contribution in [3.8, 4) is 5.75 Å². The Hall–Kier alpha value is -1.06. The van der Waals surface area contributed by atoms with Crippen LogP contribution in [0.5, 0.6) is 5.75 Å². The lowest BCUT2D eigenvalue weighted by Gasteiger charge is -2.38. The third-order valence-corrected chi connectivity index (χ3v) is 4.96. The molecule has 3 nitrogen and oxygen atoms in total. The van der Waals surface area contributed by atoms with Crippen LogP contribution >= 0.6 is 0 Å².